The Labute approximate surface area is 203 Å². The van der Waals surface area contributed by atoms with Gasteiger partial charge in [0, 0.05) is 37.5 Å². The summed E-state index contributed by atoms with van der Waals surface area (Å²) in [6.07, 6.45) is 0.632. The van der Waals surface area contributed by atoms with Crippen molar-refractivity contribution in [1.82, 2.24) is 4.90 Å². The summed E-state index contributed by atoms with van der Waals surface area (Å²) in [6, 6.07) is 22.9. The summed E-state index contributed by atoms with van der Waals surface area (Å²) in [7, 11) is 0. The van der Waals surface area contributed by atoms with Crippen LogP contribution in [0.3, 0.4) is 0 Å². The lowest BCUT2D eigenvalue weighted by molar-refractivity contribution is -0.384. The second-order valence-electron chi connectivity index (χ2n) is 7.75. The highest BCUT2D eigenvalue weighted by atomic mass is 16.6. The lowest BCUT2D eigenvalue weighted by Crippen LogP contribution is -2.36. The molecule has 2 N–H and O–H groups in total. The number of nitro groups is 1. The van der Waals surface area contributed by atoms with Crippen LogP contribution in [0.25, 0.3) is 0 Å². The quantitative estimate of drug-likeness (QED) is 0.233. The van der Waals surface area contributed by atoms with E-state index in [1.54, 1.807) is 4.90 Å². The van der Waals surface area contributed by atoms with E-state index in [9.17, 15) is 19.7 Å². The minimum atomic E-state index is -0.870. The van der Waals surface area contributed by atoms with E-state index in [1.165, 1.54) is 12.1 Å². The maximum atomic E-state index is 13.0. The predicted molar refractivity (Wildman–Crippen MR) is 131 cm³/mol. The van der Waals surface area contributed by atoms with Gasteiger partial charge in [-0.15, -0.1) is 0 Å². The summed E-state index contributed by atoms with van der Waals surface area (Å²) in [5.74, 6) is -1.25. The molecule has 0 spiro atoms. The zero-order valence-corrected chi connectivity index (χ0v) is 19.1. The fourth-order valence-electron chi connectivity index (χ4n) is 3.46. The molecule has 0 aliphatic rings. The second kappa shape index (κ2) is 12.9. The molecule has 0 unspecified atom stereocenters. The Kier molecular flexibility index (Phi) is 9.32. The molecule has 0 aliphatic heterocycles. The van der Waals surface area contributed by atoms with Crippen LogP contribution in [0.1, 0.15) is 21.5 Å². The number of amides is 1. The first-order valence-corrected chi connectivity index (χ1v) is 11.1. The van der Waals surface area contributed by atoms with Crippen molar-refractivity contribution in [2.75, 3.05) is 31.6 Å². The van der Waals surface area contributed by atoms with Crippen LogP contribution in [0, 0.1) is 10.1 Å². The summed E-state index contributed by atoms with van der Waals surface area (Å²) < 4.78 is 5.26. The Morgan fingerprint density at radius 2 is 1.63 bits per heavy atom. The molecule has 0 saturated carbocycles. The van der Waals surface area contributed by atoms with Crippen molar-refractivity contribution < 1.29 is 24.4 Å². The van der Waals surface area contributed by atoms with Crippen LogP contribution in [0.2, 0.25) is 0 Å². The number of anilines is 1. The summed E-state index contributed by atoms with van der Waals surface area (Å²) in [6.45, 7) is 0.212. The molecule has 9 heteroatoms. The molecule has 9 nitrogen and oxygen atoms in total. The molecule has 0 fully saturated rings. The summed E-state index contributed by atoms with van der Waals surface area (Å²) in [4.78, 5) is 37.9. The molecule has 35 heavy (non-hydrogen) atoms. The van der Waals surface area contributed by atoms with E-state index in [4.69, 9.17) is 9.84 Å². The lowest BCUT2D eigenvalue weighted by Gasteiger charge is -2.23. The van der Waals surface area contributed by atoms with Gasteiger partial charge in [-0.05, 0) is 23.6 Å². The molecule has 0 saturated heterocycles. The van der Waals surface area contributed by atoms with Gasteiger partial charge in [-0.1, -0.05) is 60.7 Å². The Hall–Kier alpha value is -4.24. The smallest absolute Gasteiger partial charge is 0.341 e. The first kappa shape index (κ1) is 25.4. The third-order valence-electron chi connectivity index (χ3n) is 5.27. The molecule has 3 aromatic carbocycles. The van der Waals surface area contributed by atoms with Crippen molar-refractivity contribution in [2.24, 2.45) is 0 Å². The van der Waals surface area contributed by atoms with Crippen LogP contribution in [0.5, 0.6) is 0 Å². The molecule has 0 bridgehead atoms. The number of nitrogens with zero attached hydrogens (tertiary/aromatic N) is 2. The van der Waals surface area contributed by atoms with Crippen molar-refractivity contribution in [3.05, 3.63) is 106 Å². The number of aliphatic hydroxyl groups excluding tert-OH is 1. The normalized spacial score (nSPS) is 10.4. The van der Waals surface area contributed by atoms with E-state index in [0.29, 0.717) is 19.5 Å². The van der Waals surface area contributed by atoms with E-state index in [0.717, 1.165) is 17.2 Å². The van der Waals surface area contributed by atoms with Crippen LogP contribution in [0.15, 0.2) is 78.9 Å². The molecule has 0 atom stereocenters. The number of ether oxygens (including phenoxy) is 1. The molecule has 0 aliphatic carbocycles. The predicted octanol–water partition coefficient (Wildman–Crippen LogP) is 3.43. The molecular weight excluding hydrogens is 450 g/mol. The second-order valence-corrected chi connectivity index (χ2v) is 7.75. The van der Waals surface area contributed by atoms with Crippen LogP contribution in [-0.4, -0.2) is 53.1 Å². The topological polar surface area (TPSA) is 122 Å². The molecule has 0 radical (unpaired) electrons. The first-order valence-electron chi connectivity index (χ1n) is 11.1. The van der Waals surface area contributed by atoms with Crippen molar-refractivity contribution in [3.63, 3.8) is 0 Å². The van der Waals surface area contributed by atoms with Crippen molar-refractivity contribution >= 4 is 23.3 Å². The molecular formula is C26H27N3O6. The van der Waals surface area contributed by atoms with Gasteiger partial charge in [0.15, 0.2) is 6.61 Å². The van der Waals surface area contributed by atoms with E-state index < -0.39 is 17.5 Å². The zero-order valence-electron chi connectivity index (χ0n) is 19.1. The number of rotatable bonds is 12. The summed E-state index contributed by atoms with van der Waals surface area (Å²) in [5, 5.41) is 23.0. The Morgan fingerprint density at radius 3 is 2.26 bits per heavy atom. The van der Waals surface area contributed by atoms with Gasteiger partial charge in [0.2, 0.25) is 0 Å². The largest absolute Gasteiger partial charge is 0.452 e. The average molecular weight is 478 g/mol. The van der Waals surface area contributed by atoms with Crippen molar-refractivity contribution in [1.29, 1.82) is 0 Å². The number of aliphatic hydroxyl groups is 1. The van der Waals surface area contributed by atoms with E-state index in [2.05, 4.69) is 5.32 Å². The number of carbonyl (C=O) groups excluding carboxylic acids is 2. The van der Waals surface area contributed by atoms with Crippen molar-refractivity contribution in [3.8, 4) is 0 Å². The number of non-ortho nitro benzene ring substituents is 1. The zero-order chi connectivity index (χ0) is 25.0. The van der Waals surface area contributed by atoms with Gasteiger partial charge in [0.1, 0.15) is 0 Å². The van der Waals surface area contributed by atoms with E-state index >= 15 is 0 Å². The Balaban J connectivity index is 1.71. The number of hydrogen-bond acceptors (Lipinski definition) is 7. The van der Waals surface area contributed by atoms with Crippen LogP contribution >= 0.6 is 0 Å². The van der Waals surface area contributed by atoms with Gasteiger partial charge in [0.25, 0.3) is 11.6 Å². The maximum absolute atomic E-state index is 13.0. The van der Waals surface area contributed by atoms with Crippen LogP contribution in [0.4, 0.5) is 11.4 Å². The summed E-state index contributed by atoms with van der Waals surface area (Å²) in [5.41, 5.74) is 1.92. The van der Waals surface area contributed by atoms with Crippen molar-refractivity contribution in [2.45, 2.75) is 13.0 Å². The number of carbonyl (C=O) groups is 2. The molecule has 0 heterocycles. The van der Waals surface area contributed by atoms with Crippen LogP contribution < -0.4 is 5.32 Å². The van der Waals surface area contributed by atoms with Gasteiger partial charge in [0.05, 0.1) is 17.1 Å². The molecule has 1 amide bonds. The highest BCUT2D eigenvalue weighted by molar-refractivity contribution is 5.97. The van der Waals surface area contributed by atoms with Gasteiger partial charge >= 0.3 is 5.97 Å². The average Bonchev–Trinajstić information content (AvgIpc) is 2.89. The Bertz CT molecular complexity index is 1140. The monoisotopic (exact) mass is 477 g/mol. The van der Waals surface area contributed by atoms with Gasteiger partial charge < -0.3 is 20.1 Å². The highest BCUT2D eigenvalue weighted by Crippen LogP contribution is 2.23. The highest BCUT2D eigenvalue weighted by Gasteiger charge is 2.21. The lowest BCUT2D eigenvalue weighted by atomic mass is 10.1. The number of hydrogen-bond donors (Lipinski definition) is 2. The van der Waals surface area contributed by atoms with Gasteiger partial charge in [-0.25, -0.2) is 4.79 Å². The third-order valence-corrected chi connectivity index (χ3v) is 5.27. The van der Waals surface area contributed by atoms with Gasteiger partial charge in [-0.3, -0.25) is 14.9 Å². The fourth-order valence-corrected chi connectivity index (χ4v) is 3.46. The number of nitro benzene ring substituents is 1. The summed E-state index contributed by atoms with van der Waals surface area (Å²) >= 11 is 0. The SMILES string of the molecule is O=C(OCC(=O)N(CCc1ccccc1)Cc1ccccc1)c1cc([N+](=O)[O-])ccc1NCCO. The molecule has 3 aromatic rings. The fraction of sp³-hybridized carbons (Fsp3) is 0.231. The Morgan fingerprint density at radius 1 is 0.971 bits per heavy atom. The number of nitrogens with one attached hydrogen (secondary N) is 1. The van der Waals surface area contributed by atoms with E-state index in [1.807, 2.05) is 60.7 Å². The molecule has 182 valence electrons. The standard InChI is InChI=1S/C26H27N3O6/c30-16-14-27-24-12-11-22(29(33)34)17-23(24)26(32)35-19-25(31)28(18-21-9-5-2-6-10-21)15-13-20-7-3-1-4-8-20/h1-12,17,27,30H,13-16,18-19H2. The number of esters is 1. The first-order chi connectivity index (χ1) is 17.0. The maximum Gasteiger partial charge on any atom is 0.341 e. The van der Waals surface area contributed by atoms with E-state index in [-0.39, 0.29) is 36.0 Å². The minimum Gasteiger partial charge on any atom is -0.452 e. The minimum absolute atomic E-state index is 0.0839. The van der Waals surface area contributed by atoms with Gasteiger partial charge in [-0.2, -0.15) is 0 Å². The molecule has 0 aromatic heterocycles. The van der Waals surface area contributed by atoms with Crippen LogP contribution in [-0.2, 0) is 22.5 Å². The molecule has 3 rings (SSSR count). The number of benzene rings is 3. The third kappa shape index (κ3) is 7.65.